The van der Waals surface area contributed by atoms with E-state index < -0.39 is 0 Å². The van der Waals surface area contributed by atoms with Gasteiger partial charge in [-0.2, -0.15) is 11.8 Å². The summed E-state index contributed by atoms with van der Waals surface area (Å²) in [5.74, 6) is 4.54. The van der Waals surface area contributed by atoms with Gasteiger partial charge in [0.2, 0.25) is 0 Å². The number of ether oxygens (including phenoxy) is 2. The van der Waals surface area contributed by atoms with E-state index in [0.29, 0.717) is 5.92 Å². The van der Waals surface area contributed by atoms with Gasteiger partial charge in [-0.05, 0) is 47.7 Å². The van der Waals surface area contributed by atoms with Crippen LogP contribution in [0.3, 0.4) is 0 Å². The lowest BCUT2D eigenvalue weighted by molar-refractivity contribution is 0.343. The summed E-state index contributed by atoms with van der Waals surface area (Å²) in [5.41, 5.74) is 2.68. The average Bonchev–Trinajstić information content (AvgIpc) is 2.61. The largest absolute Gasteiger partial charge is 0.497 e. The molecule has 1 atom stereocenters. The van der Waals surface area contributed by atoms with Gasteiger partial charge in [-0.15, -0.1) is 0 Å². The fourth-order valence-electron chi connectivity index (χ4n) is 2.36. The maximum absolute atomic E-state index is 5.83. The summed E-state index contributed by atoms with van der Waals surface area (Å²) in [6.45, 7) is 5.18. The van der Waals surface area contributed by atoms with Crippen LogP contribution in [0.4, 0.5) is 0 Å². The molecule has 0 aromatic heterocycles. The molecular formula is C20H26O2S. The molecule has 0 saturated carbocycles. The summed E-state index contributed by atoms with van der Waals surface area (Å²) in [4.78, 5) is 0. The molecule has 0 aliphatic carbocycles. The molecule has 3 heteroatoms. The van der Waals surface area contributed by atoms with Crippen LogP contribution in [0.15, 0.2) is 48.5 Å². The summed E-state index contributed by atoms with van der Waals surface area (Å²) < 4.78 is 11.0. The smallest absolute Gasteiger partial charge is 0.119 e. The van der Waals surface area contributed by atoms with Gasteiger partial charge in [0.15, 0.2) is 0 Å². The molecule has 0 amide bonds. The summed E-state index contributed by atoms with van der Waals surface area (Å²) in [7, 11) is 1.70. The van der Waals surface area contributed by atoms with Gasteiger partial charge in [-0.3, -0.25) is 0 Å². The highest BCUT2D eigenvalue weighted by molar-refractivity contribution is 7.99. The Labute approximate surface area is 144 Å². The molecule has 2 aromatic rings. The van der Waals surface area contributed by atoms with Gasteiger partial charge in [0.25, 0.3) is 0 Å². The Morgan fingerprint density at radius 1 is 1.04 bits per heavy atom. The molecule has 0 fully saturated rings. The zero-order valence-corrected chi connectivity index (χ0v) is 15.1. The first-order chi connectivity index (χ1) is 11.2. The predicted octanol–water partition coefficient (Wildman–Crippen LogP) is 5.17. The monoisotopic (exact) mass is 330 g/mol. The van der Waals surface area contributed by atoms with E-state index in [1.165, 1.54) is 11.1 Å². The van der Waals surface area contributed by atoms with E-state index in [-0.39, 0.29) is 0 Å². The first kappa shape index (κ1) is 17.7. The standard InChI is InChI=1S/C20H26O2S/c1-4-17-6-5-7-20(14-17)22-12-13-23-15-16(2)18-8-10-19(21-3)11-9-18/h5-11,14,16H,4,12-13,15H2,1-3H3. The number of methoxy groups -OCH3 is 1. The van der Waals surface area contributed by atoms with E-state index in [4.69, 9.17) is 9.47 Å². The summed E-state index contributed by atoms with van der Waals surface area (Å²) >= 11 is 1.94. The molecule has 0 radical (unpaired) electrons. The number of hydrogen-bond donors (Lipinski definition) is 0. The zero-order valence-electron chi connectivity index (χ0n) is 14.2. The number of hydrogen-bond acceptors (Lipinski definition) is 3. The van der Waals surface area contributed by atoms with Gasteiger partial charge in [0.05, 0.1) is 13.7 Å². The molecule has 23 heavy (non-hydrogen) atoms. The molecule has 0 heterocycles. The van der Waals surface area contributed by atoms with Crippen LogP contribution in [0, 0.1) is 0 Å². The number of aryl methyl sites for hydroxylation is 1. The van der Waals surface area contributed by atoms with Crippen molar-refractivity contribution in [3.05, 3.63) is 59.7 Å². The second kappa shape index (κ2) is 9.51. The Hall–Kier alpha value is -1.61. The minimum Gasteiger partial charge on any atom is -0.497 e. The van der Waals surface area contributed by atoms with Crippen LogP contribution in [0.1, 0.15) is 30.9 Å². The van der Waals surface area contributed by atoms with Crippen LogP contribution >= 0.6 is 11.8 Å². The van der Waals surface area contributed by atoms with Crippen LogP contribution in [-0.4, -0.2) is 25.2 Å². The van der Waals surface area contributed by atoms with E-state index in [0.717, 1.165) is 36.0 Å². The average molecular weight is 330 g/mol. The molecular weight excluding hydrogens is 304 g/mol. The normalized spacial score (nSPS) is 12.0. The molecule has 2 nitrogen and oxygen atoms in total. The fourth-order valence-corrected chi connectivity index (χ4v) is 3.28. The Kier molecular flexibility index (Phi) is 7.34. The van der Waals surface area contributed by atoms with Crippen LogP contribution in [0.25, 0.3) is 0 Å². The van der Waals surface area contributed by atoms with E-state index in [1.54, 1.807) is 7.11 Å². The van der Waals surface area contributed by atoms with Gasteiger partial charge in [0.1, 0.15) is 11.5 Å². The quantitative estimate of drug-likeness (QED) is 0.591. The Morgan fingerprint density at radius 2 is 1.83 bits per heavy atom. The minimum atomic E-state index is 0.536. The SMILES string of the molecule is CCc1cccc(OCCSCC(C)c2ccc(OC)cc2)c1. The Bertz CT molecular complexity index is 580. The second-order valence-corrected chi connectivity index (χ2v) is 6.75. The summed E-state index contributed by atoms with van der Waals surface area (Å²) in [6.07, 6.45) is 1.05. The molecule has 124 valence electrons. The van der Waals surface area contributed by atoms with Crippen LogP contribution < -0.4 is 9.47 Å². The summed E-state index contributed by atoms with van der Waals surface area (Å²) in [5, 5.41) is 0. The van der Waals surface area contributed by atoms with Crippen molar-refractivity contribution in [1.29, 1.82) is 0 Å². The van der Waals surface area contributed by atoms with Crippen LogP contribution in [-0.2, 0) is 6.42 Å². The maximum atomic E-state index is 5.83. The van der Waals surface area contributed by atoms with E-state index in [1.807, 2.05) is 30.0 Å². The van der Waals surface area contributed by atoms with Crippen molar-refractivity contribution >= 4 is 11.8 Å². The van der Waals surface area contributed by atoms with Crippen molar-refractivity contribution in [1.82, 2.24) is 0 Å². The highest BCUT2D eigenvalue weighted by Gasteiger charge is 2.06. The van der Waals surface area contributed by atoms with Gasteiger partial charge >= 0.3 is 0 Å². The van der Waals surface area contributed by atoms with Crippen LogP contribution in [0.5, 0.6) is 11.5 Å². The van der Waals surface area contributed by atoms with Gasteiger partial charge in [-0.1, -0.05) is 38.1 Å². The van der Waals surface area contributed by atoms with E-state index in [9.17, 15) is 0 Å². The third-order valence-electron chi connectivity index (χ3n) is 3.86. The molecule has 1 unspecified atom stereocenters. The first-order valence-corrected chi connectivity index (χ1v) is 9.31. The number of thioether (sulfide) groups is 1. The lowest BCUT2D eigenvalue weighted by Crippen LogP contribution is -2.03. The minimum absolute atomic E-state index is 0.536. The molecule has 0 aliphatic heterocycles. The highest BCUT2D eigenvalue weighted by Crippen LogP contribution is 2.23. The van der Waals surface area contributed by atoms with Crippen LogP contribution in [0.2, 0.25) is 0 Å². The van der Waals surface area contributed by atoms with E-state index in [2.05, 4.69) is 44.2 Å². The maximum Gasteiger partial charge on any atom is 0.119 e. The molecule has 2 rings (SSSR count). The molecule has 2 aromatic carbocycles. The second-order valence-electron chi connectivity index (χ2n) is 5.60. The molecule has 0 saturated heterocycles. The third-order valence-corrected chi connectivity index (χ3v) is 5.05. The third kappa shape index (κ3) is 5.83. The van der Waals surface area contributed by atoms with Crippen molar-refractivity contribution in [3.8, 4) is 11.5 Å². The van der Waals surface area contributed by atoms with Crippen molar-refractivity contribution in [2.45, 2.75) is 26.2 Å². The predicted molar refractivity (Wildman–Crippen MR) is 100 cm³/mol. The van der Waals surface area contributed by atoms with Crippen molar-refractivity contribution in [2.24, 2.45) is 0 Å². The van der Waals surface area contributed by atoms with Crippen molar-refractivity contribution in [3.63, 3.8) is 0 Å². The zero-order chi connectivity index (χ0) is 16.5. The first-order valence-electron chi connectivity index (χ1n) is 8.16. The molecule has 0 spiro atoms. The lowest BCUT2D eigenvalue weighted by atomic mass is 10.0. The summed E-state index contributed by atoms with van der Waals surface area (Å²) in [6, 6.07) is 16.7. The number of benzene rings is 2. The van der Waals surface area contributed by atoms with E-state index >= 15 is 0 Å². The number of rotatable bonds is 9. The van der Waals surface area contributed by atoms with Gasteiger partial charge in [-0.25, -0.2) is 0 Å². The van der Waals surface area contributed by atoms with Gasteiger partial charge < -0.3 is 9.47 Å². The lowest BCUT2D eigenvalue weighted by Gasteiger charge is -2.12. The Morgan fingerprint density at radius 3 is 2.52 bits per heavy atom. The van der Waals surface area contributed by atoms with Crippen molar-refractivity contribution < 1.29 is 9.47 Å². The highest BCUT2D eigenvalue weighted by atomic mass is 32.2. The topological polar surface area (TPSA) is 18.5 Å². The molecule has 0 N–H and O–H groups in total. The molecule has 0 bridgehead atoms. The molecule has 0 aliphatic rings. The van der Waals surface area contributed by atoms with Crippen molar-refractivity contribution in [2.75, 3.05) is 25.2 Å². The Balaban J connectivity index is 1.68. The fraction of sp³-hybridized carbons (Fsp3) is 0.400. The van der Waals surface area contributed by atoms with Gasteiger partial charge in [0, 0.05) is 11.5 Å².